The van der Waals surface area contributed by atoms with Gasteiger partial charge in [0.2, 0.25) is 5.78 Å². The SMILES string of the molecule is CCn1c(C)c(C=C2Oc3ccc(NC(=O)Nc4ccc(C(=O)N(C)CCN(C)C)cc4)cc3C2=O)c2cc(OC)ccc21. The number of ether oxygens (including phenoxy) is 2. The van der Waals surface area contributed by atoms with Crippen molar-refractivity contribution in [1.29, 1.82) is 0 Å². The maximum absolute atomic E-state index is 13.4. The van der Waals surface area contributed by atoms with Crippen molar-refractivity contribution in [3.05, 3.63) is 88.8 Å². The fraction of sp³-hybridized carbons (Fsp3) is 0.265. The standard InChI is InChI=1S/C34H37N5O5/c1-7-39-21(2)26(27-19-25(43-6)13-14-29(27)39)20-31-32(40)28-18-24(12-15-30(28)44-31)36-34(42)35-23-10-8-22(9-11-23)33(41)38(5)17-16-37(3)4/h8-15,18-20H,7,16-17H2,1-6H3,(H2,35,36,42). The largest absolute Gasteiger partial charge is 0.497 e. The van der Waals surface area contributed by atoms with Gasteiger partial charge in [-0.15, -0.1) is 0 Å². The number of urea groups is 1. The molecule has 0 spiro atoms. The number of nitrogens with zero attached hydrogens (tertiary/aromatic N) is 3. The van der Waals surface area contributed by atoms with Crippen LogP contribution in [0.3, 0.4) is 0 Å². The molecule has 2 N–H and O–H groups in total. The van der Waals surface area contributed by atoms with Gasteiger partial charge in [-0.25, -0.2) is 4.79 Å². The number of carbonyl (C=O) groups is 3. The molecule has 3 aromatic carbocycles. The van der Waals surface area contributed by atoms with Crippen molar-refractivity contribution in [2.24, 2.45) is 0 Å². The summed E-state index contributed by atoms with van der Waals surface area (Å²) >= 11 is 0. The average molecular weight is 596 g/mol. The zero-order valence-electron chi connectivity index (χ0n) is 25.9. The molecule has 0 unspecified atom stereocenters. The van der Waals surface area contributed by atoms with E-state index in [0.717, 1.165) is 41.0 Å². The van der Waals surface area contributed by atoms with E-state index < -0.39 is 6.03 Å². The van der Waals surface area contributed by atoms with Crippen LogP contribution in [0.5, 0.6) is 11.5 Å². The number of aromatic nitrogens is 1. The Morgan fingerprint density at radius 3 is 2.34 bits per heavy atom. The summed E-state index contributed by atoms with van der Waals surface area (Å²) < 4.78 is 13.6. The molecular weight excluding hydrogens is 558 g/mol. The minimum Gasteiger partial charge on any atom is -0.497 e. The first-order valence-corrected chi connectivity index (χ1v) is 14.4. The molecule has 0 aliphatic carbocycles. The van der Waals surface area contributed by atoms with Crippen molar-refractivity contribution >= 4 is 46.1 Å². The number of carbonyl (C=O) groups excluding carboxylic acids is 3. The Morgan fingerprint density at radius 2 is 1.66 bits per heavy atom. The van der Waals surface area contributed by atoms with Crippen molar-refractivity contribution in [3.8, 4) is 11.5 Å². The number of likely N-dealkylation sites (N-methyl/N-ethyl adjacent to an activating group) is 2. The Labute approximate surface area is 256 Å². The lowest BCUT2D eigenvalue weighted by atomic mass is 10.1. The van der Waals surface area contributed by atoms with E-state index in [-0.39, 0.29) is 17.4 Å². The topological polar surface area (TPSA) is 105 Å². The van der Waals surface area contributed by atoms with Gasteiger partial charge in [-0.3, -0.25) is 9.59 Å². The zero-order chi connectivity index (χ0) is 31.5. The van der Waals surface area contributed by atoms with Crippen LogP contribution in [0, 0.1) is 6.92 Å². The van der Waals surface area contributed by atoms with Crippen LogP contribution < -0.4 is 20.1 Å². The minimum absolute atomic E-state index is 0.0905. The number of hydrogen-bond donors (Lipinski definition) is 2. The molecular formula is C34H37N5O5. The number of anilines is 2. The monoisotopic (exact) mass is 595 g/mol. The third kappa shape index (κ3) is 6.16. The van der Waals surface area contributed by atoms with E-state index in [1.165, 1.54) is 0 Å². The van der Waals surface area contributed by atoms with Crippen LogP contribution in [0.15, 0.2) is 66.4 Å². The minimum atomic E-state index is -0.480. The molecule has 0 saturated heterocycles. The summed E-state index contributed by atoms with van der Waals surface area (Å²) in [5, 5.41) is 6.50. The van der Waals surface area contributed by atoms with Gasteiger partial charge in [0.25, 0.3) is 5.91 Å². The maximum Gasteiger partial charge on any atom is 0.323 e. The van der Waals surface area contributed by atoms with Crippen molar-refractivity contribution in [1.82, 2.24) is 14.4 Å². The molecule has 3 amide bonds. The number of fused-ring (bicyclic) bond motifs is 2. The fourth-order valence-corrected chi connectivity index (χ4v) is 5.26. The Bertz CT molecular complexity index is 1770. The lowest BCUT2D eigenvalue weighted by Gasteiger charge is -2.19. The van der Waals surface area contributed by atoms with Crippen LogP contribution in [-0.2, 0) is 6.54 Å². The number of ketones is 1. The molecule has 0 radical (unpaired) electrons. The molecule has 10 nitrogen and oxygen atoms in total. The first-order valence-electron chi connectivity index (χ1n) is 14.4. The Balaban J connectivity index is 1.27. The molecule has 10 heteroatoms. The zero-order valence-corrected chi connectivity index (χ0v) is 25.9. The molecule has 5 rings (SSSR count). The Hall–Kier alpha value is -5.09. The van der Waals surface area contributed by atoms with E-state index in [1.807, 2.05) is 44.1 Å². The fourth-order valence-electron chi connectivity index (χ4n) is 5.26. The Morgan fingerprint density at radius 1 is 0.955 bits per heavy atom. The second-order valence-corrected chi connectivity index (χ2v) is 11.0. The number of Topliss-reactive ketones (excluding diaryl/α,β-unsaturated/α-hetero) is 1. The van der Waals surface area contributed by atoms with E-state index >= 15 is 0 Å². The summed E-state index contributed by atoms with van der Waals surface area (Å²) in [6.07, 6.45) is 1.78. The van der Waals surface area contributed by atoms with E-state index in [9.17, 15) is 14.4 Å². The molecule has 0 saturated carbocycles. The molecule has 1 aliphatic rings. The molecule has 228 valence electrons. The summed E-state index contributed by atoms with van der Waals surface area (Å²) in [6.45, 7) is 6.25. The maximum atomic E-state index is 13.4. The summed E-state index contributed by atoms with van der Waals surface area (Å²) in [5.74, 6) is 1.02. The highest BCUT2D eigenvalue weighted by Gasteiger charge is 2.29. The van der Waals surface area contributed by atoms with E-state index in [0.29, 0.717) is 34.8 Å². The van der Waals surface area contributed by atoms with Crippen LogP contribution in [0.25, 0.3) is 17.0 Å². The van der Waals surface area contributed by atoms with Gasteiger partial charge in [0.05, 0.1) is 12.7 Å². The van der Waals surface area contributed by atoms with Crippen molar-refractivity contribution in [3.63, 3.8) is 0 Å². The third-order valence-electron chi connectivity index (χ3n) is 7.72. The highest BCUT2D eigenvalue weighted by molar-refractivity contribution is 6.16. The lowest BCUT2D eigenvalue weighted by molar-refractivity contribution is 0.0786. The predicted molar refractivity (Wildman–Crippen MR) is 173 cm³/mol. The second kappa shape index (κ2) is 12.6. The summed E-state index contributed by atoms with van der Waals surface area (Å²) in [4.78, 5) is 42.5. The molecule has 4 aromatic rings. The van der Waals surface area contributed by atoms with Crippen molar-refractivity contribution in [2.75, 3.05) is 52.0 Å². The number of benzene rings is 3. The van der Waals surface area contributed by atoms with Gasteiger partial charge in [-0.1, -0.05) is 0 Å². The summed E-state index contributed by atoms with van der Waals surface area (Å²) in [7, 11) is 7.31. The van der Waals surface area contributed by atoms with Gasteiger partial charge in [0.1, 0.15) is 11.5 Å². The van der Waals surface area contributed by atoms with Crippen LogP contribution in [0.4, 0.5) is 16.2 Å². The van der Waals surface area contributed by atoms with E-state index in [1.54, 1.807) is 67.6 Å². The molecule has 1 aromatic heterocycles. The van der Waals surface area contributed by atoms with Gasteiger partial charge >= 0.3 is 6.03 Å². The number of hydrogen-bond acceptors (Lipinski definition) is 6. The molecule has 0 atom stereocenters. The van der Waals surface area contributed by atoms with E-state index in [2.05, 4.69) is 22.1 Å². The molecule has 0 fully saturated rings. The average Bonchev–Trinajstić information content (AvgIpc) is 3.47. The van der Waals surface area contributed by atoms with E-state index in [4.69, 9.17) is 9.47 Å². The number of allylic oxidation sites excluding steroid dienone is 1. The second-order valence-electron chi connectivity index (χ2n) is 11.0. The number of rotatable bonds is 9. The number of amides is 3. The van der Waals surface area contributed by atoms with Crippen LogP contribution in [-0.4, -0.2) is 73.4 Å². The van der Waals surface area contributed by atoms with Crippen LogP contribution in [0.2, 0.25) is 0 Å². The number of methoxy groups -OCH3 is 1. The highest BCUT2D eigenvalue weighted by atomic mass is 16.5. The molecule has 0 bridgehead atoms. The van der Waals surface area contributed by atoms with Gasteiger partial charge in [0, 0.05) is 65.8 Å². The number of aryl methyl sites for hydroxylation is 1. The Kier molecular flexibility index (Phi) is 8.73. The molecule has 1 aliphatic heterocycles. The predicted octanol–water partition coefficient (Wildman–Crippen LogP) is 5.87. The lowest BCUT2D eigenvalue weighted by Crippen LogP contribution is -2.33. The van der Waals surface area contributed by atoms with Crippen LogP contribution in [0.1, 0.15) is 38.9 Å². The van der Waals surface area contributed by atoms with Gasteiger partial charge in [0.15, 0.2) is 5.76 Å². The van der Waals surface area contributed by atoms with Crippen molar-refractivity contribution in [2.45, 2.75) is 20.4 Å². The van der Waals surface area contributed by atoms with Gasteiger partial charge in [-0.05, 0) is 94.7 Å². The quantitative estimate of drug-likeness (QED) is 0.235. The van der Waals surface area contributed by atoms with Crippen molar-refractivity contribution < 1.29 is 23.9 Å². The van der Waals surface area contributed by atoms with Gasteiger partial charge < -0.3 is 34.5 Å². The first-order chi connectivity index (χ1) is 21.1. The van der Waals surface area contributed by atoms with Gasteiger partial charge in [-0.2, -0.15) is 0 Å². The summed E-state index contributed by atoms with van der Waals surface area (Å²) in [5.41, 5.74) is 4.82. The first kappa shape index (κ1) is 30.4. The highest BCUT2D eigenvalue weighted by Crippen LogP contribution is 2.36. The number of nitrogens with one attached hydrogen (secondary N) is 2. The van der Waals surface area contributed by atoms with Crippen LogP contribution >= 0.6 is 0 Å². The molecule has 44 heavy (non-hydrogen) atoms. The molecule has 2 heterocycles. The third-order valence-corrected chi connectivity index (χ3v) is 7.72. The smallest absolute Gasteiger partial charge is 0.323 e. The summed E-state index contributed by atoms with van der Waals surface area (Å²) in [6, 6.07) is 17.1. The normalized spacial score (nSPS) is 13.2.